The smallest absolute Gasteiger partial charge is 0.0892 e. The van der Waals surface area contributed by atoms with Gasteiger partial charge >= 0.3 is 0 Å². The molecule has 0 saturated heterocycles. The first-order valence-electron chi connectivity index (χ1n) is 24.5. The van der Waals surface area contributed by atoms with Crippen molar-refractivity contribution in [1.82, 2.24) is 19.1 Å². The maximum Gasteiger partial charge on any atom is 0.0892 e. The Morgan fingerprint density at radius 3 is 0.814 bits per heavy atom. The monoisotopic (exact) mass is 902 g/mol. The molecule has 4 nitrogen and oxygen atoms in total. The highest BCUT2D eigenvalue weighted by molar-refractivity contribution is 5.75. The Balaban J connectivity index is 0.685. The van der Waals surface area contributed by atoms with E-state index in [2.05, 4.69) is 257 Å². The average molecular weight is 903 g/mol. The van der Waals surface area contributed by atoms with Gasteiger partial charge in [-0.1, -0.05) is 194 Å². The van der Waals surface area contributed by atoms with Gasteiger partial charge in [-0.3, -0.25) is 4.98 Å². The largest absolute Gasteiger partial charge is 0.309 e. The second-order valence-corrected chi connectivity index (χ2v) is 18.1. The summed E-state index contributed by atoms with van der Waals surface area (Å²) in [6.07, 6.45) is 9.96. The lowest BCUT2D eigenvalue weighted by molar-refractivity contribution is 0.820. The van der Waals surface area contributed by atoms with Gasteiger partial charge in [0.25, 0.3) is 0 Å². The summed E-state index contributed by atoms with van der Waals surface area (Å²) in [5.74, 6) is 0. The molecule has 0 aliphatic rings. The van der Waals surface area contributed by atoms with Crippen molar-refractivity contribution in [3.8, 4) is 78.9 Å². The Bertz CT molecular complexity index is 3070. The highest BCUT2D eigenvalue weighted by atomic mass is 15.0. The molecule has 70 heavy (non-hydrogen) atoms. The quantitative estimate of drug-likeness (QED) is 0.0968. The fraction of sp³-hybridized carbons (Fsp3) is 0.0909. The maximum atomic E-state index is 5.05. The van der Waals surface area contributed by atoms with Crippen LogP contribution in [0.25, 0.3) is 78.9 Å². The lowest BCUT2D eigenvalue weighted by Gasteiger charge is -2.15. The first kappa shape index (κ1) is 43.9. The van der Waals surface area contributed by atoms with E-state index in [0.29, 0.717) is 0 Å². The number of rotatable bonds is 16. The molecule has 0 radical (unpaired) electrons. The minimum Gasteiger partial charge on any atom is -0.309 e. The van der Waals surface area contributed by atoms with Crippen LogP contribution >= 0.6 is 0 Å². The molecule has 0 amide bonds. The average Bonchev–Trinajstić information content (AvgIpc) is 4.09. The number of aryl methyl sites for hydroxylation is 4. The molecular weight excluding hydrogens is 849 g/mol. The summed E-state index contributed by atoms with van der Waals surface area (Å²) in [6.45, 7) is 0. The highest BCUT2D eigenvalue weighted by Crippen LogP contribution is 2.35. The van der Waals surface area contributed by atoms with Crippen LogP contribution in [0.1, 0.15) is 35.1 Å². The molecule has 0 atom stereocenters. The first-order valence-corrected chi connectivity index (χ1v) is 24.5. The Labute approximate surface area is 411 Å². The van der Waals surface area contributed by atoms with Gasteiger partial charge in [-0.05, 0) is 132 Å². The molecule has 338 valence electrons. The van der Waals surface area contributed by atoms with Crippen LogP contribution in [0.5, 0.6) is 0 Å². The van der Waals surface area contributed by atoms with E-state index in [0.717, 1.165) is 61.0 Å². The van der Waals surface area contributed by atoms with Crippen LogP contribution < -0.4 is 0 Å². The van der Waals surface area contributed by atoms with Crippen LogP contribution in [0, 0.1) is 0 Å². The van der Waals surface area contributed by atoms with Crippen LogP contribution in [0.3, 0.4) is 0 Å². The minimum absolute atomic E-state index is 0.886. The van der Waals surface area contributed by atoms with Gasteiger partial charge in [0.15, 0.2) is 0 Å². The first-order chi connectivity index (χ1) is 34.7. The molecule has 11 rings (SSSR count). The lowest BCUT2D eigenvalue weighted by atomic mass is 10.0. The molecular formula is C66H54N4. The van der Waals surface area contributed by atoms with Crippen molar-refractivity contribution in [2.24, 2.45) is 0 Å². The van der Waals surface area contributed by atoms with E-state index in [1.165, 1.54) is 78.7 Å². The van der Waals surface area contributed by atoms with Crippen LogP contribution in [-0.2, 0) is 25.7 Å². The normalized spacial score (nSPS) is 11.2. The zero-order valence-electron chi connectivity index (χ0n) is 39.3. The maximum absolute atomic E-state index is 5.05. The van der Waals surface area contributed by atoms with Crippen LogP contribution in [0.4, 0.5) is 0 Å². The molecule has 8 aromatic carbocycles. The van der Waals surface area contributed by atoms with Crippen molar-refractivity contribution in [3.63, 3.8) is 0 Å². The summed E-state index contributed by atoms with van der Waals surface area (Å²) in [5, 5.41) is 0. The zero-order chi connectivity index (χ0) is 46.9. The number of benzene rings is 8. The molecule has 11 aromatic rings. The van der Waals surface area contributed by atoms with Crippen LogP contribution in [0.2, 0.25) is 0 Å². The molecule has 3 heterocycles. The Hall–Kier alpha value is -8.60. The van der Waals surface area contributed by atoms with E-state index in [1.54, 1.807) is 0 Å². The van der Waals surface area contributed by atoms with Crippen molar-refractivity contribution in [1.29, 1.82) is 0 Å². The number of hydrogen-bond acceptors (Lipinski definition) is 2. The predicted molar refractivity (Wildman–Crippen MR) is 290 cm³/mol. The predicted octanol–water partition coefficient (Wildman–Crippen LogP) is 16.4. The summed E-state index contributed by atoms with van der Waals surface area (Å²) < 4.78 is 4.76. The van der Waals surface area contributed by atoms with Gasteiger partial charge in [0, 0.05) is 22.5 Å². The van der Waals surface area contributed by atoms with Crippen molar-refractivity contribution < 1.29 is 0 Å². The minimum atomic E-state index is 0.886. The van der Waals surface area contributed by atoms with E-state index >= 15 is 0 Å². The van der Waals surface area contributed by atoms with Gasteiger partial charge in [0.1, 0.15) is 0 Å². The van der Waals surface area contributed by atoms with Gasteiger partial charge in [-0.25, -0.2) is 4.98 Å². The third-order valence-corrected chi connectivity index (χ3v) is 13.4. The summed E-state index contributed by atoms with van der Waals surface area (Å²) in [4.78, 5) is 9.66. The standard InChI is InChI=1S/C66H54N4/c1-5-19-55(20-6-1)63-43-44-64(56-21-7-2-8-22-56)69(63)59-39-31-51(32-40-59)17-13-15-49-27-35-53(36-28-49)61-47-67-48-62(68-61)54-37-29-50(30-38-54)16-14-18-52-33-41-60(42-34-52)70-65(57-23-9-3-10-24-57)45-46-66(70)58-25-11-4-12-26-58/h1-12,19-48H,13-18H2. The summed E-state index contributed by atoms with van der Waals surface area (Å²) in [7, 11) is 0. The molecule has 0 bridgehead atoms. The van der Waals surface area contributed by atoms with E-state index in [1.807, 2.05) is 12.4 Å². The summed E-state index contributed by atoms with van der Waals surface area (Å²) in [5.41, 5.74) is 21.2. The number of hydrogen-bond donors (Lipinski definition) is 0. The van der Waals surface area contributed by atoms with Crippen molar-refractivity contribution in [3.05, 3.63) is 277 Å². The highest BCUT2D eigenvalue weighted by Gasteiger charge is 2.16. The molecule has 0 aliphatic heterocycles. The third-order valence-electron chi connectivity index (χ3n) is 13.4. The van der Waals surface area contributed by atoms with Gasteiger partial charge < -0.3 is 9.13 Å². The fourth-order valence-corrected chi connectivity index (χ4v) is 9.71. The Morgan fingerprint density at radius 1 is 0.257 bits per heavy atom. The van der Waals surface area contributed by atoms with Crippen LogP contribution in [-0.4, -0.2) is 19.1 Å². The number of nitrogens with zero attached hydrogens (tertiary/aromatic N) is 4. The van der Waals surface area contributed by atoms with Gasteiger partial charge in [0.2, 0.25) is 0 Å². The van der Waals surface area contributed by atoms with E-state index in [-0.39, 0.29) is 0 Å². The van der Waals surface area contributed by atoms with Crippen molar-refractivity contribution in [2.75, 3.05) is 0 Å². The molecule has 3 aromatic heterocycles. The molecule has 4 heteroatoms. The topological polar surface area (TPSA) is 35.6 Å². The summed E-state index contributed by atoms with van der Waals surface area (Å²) in [6, 6.07) is 87.4. The van der Waals surface area contributed by atoms with Gasteiger partial charge in [-0.15, -0.1) is 0 Å². The summed E-state index contributed by atoms with van der Waals surface area (Å²) >= 11 is 0. The van der Waals surface area contributed by atoms with E-state index < -0.39 is 0 Å². The van der Waals surface area contributed by atoms with Crippen molar-refractivity contribution in [2.45, 2.75) is 38.5 Å². The van der Waals surface area contributed by atoms with Crippen molar-refractivity contribution >= 4 is 0 Å². The third kappa shape index (κ3) is 9.85. The zero-order valence-corrected chi connectivity index (χ0v) is 39.3. The number of aromatic nitrogens is 4. The van der Waals surface area contributed by atoms with Gasteiger partial charge in [0.05, 0.1) is 46.6 Å². The van der Waals surface area contributed by atoms with E-state index in [9.17, 15) is 0 Å². The molecule has 0 fully saturated rings. The molecule has 0 N–H and O–H groups in total. The fourth-order valence-electron chi connectivity index (χ4n) is 9.71. The van der Waals surface area contributed by atoms with Gasteiger partial charge in [-0.2, -0.15) is 0 Å². The lowest BCUT2D eigenvalue weighted by Crippen LogP contribution is -2.00. The second kappa shape index (κ2) is 20.7. The molecule has 0 aliphatic carbocycles. The Kier molecular flexibility index (Phi) is 13.0. The second-order valence-electron chi connectivity index (χ2n) is 18.1. The van der Waals surface area contributed by atoms with E-state index in [4.69, 9.17) is 4.98 Å². The SMILES string of the molecule is c1ccc(-c2ccc(-c3ccccc3)n2-c2ccc(CCCc3ccc(-c4cncc(-c5ccc(CCCc6ccc(-n7c(-c8ccccc8)ccc7-c7ccccc7)cc6)cc5)n4)cc3)cc2)cc1. The molecule has 0 unspecified atom stereocenters. The van der Waals surface area contributed by atoms with Crippen LogP contribution in [0.15, 0.2) is 255 Å². The molecule has 0 spiro atoms. The Morgan fingerprint density at radius 2 is 0.529 bits per heavy atom. The molecule has 0 saturated carbocycles.